The van der Waals surface area contributed by atoms with Gasteiger partial charge < -0.3 is 5.32 Å². The molecule has 4 nitrogen and oxygen atoms in total. The second kappa shape index (κ2) is 8.27. The molecule has 6 heteroatoms. The molecule has 1 aliphatic carbocycles. The van der Waals surface area contributed by atoms with Gasteiger partial charge in [0.2, 0.25) is 0 Å². The smallest absolute Gasteiger partial charge is 0.156 e. The van der Waals surface area contributed by atoms with Gasteiger partial charge in [-0.05, 0) is 68.5 Å². The van der Waals surface area contributed by atoms with Gasteiger partial charge in [0.1, 0.15) is 0 Å². The zero-order chi connectivity index (χ0) is 19.8. The van der Waals surface area contributed by atoms with Gasteiger partial charge in [-0.1, -0.05) is 35.3 Å². The maximum Gasteiger partial charge on any atom is 0.156 e. The van der Waals surface area contributed by atoms with Gasteiger partial charge >= 0.3 is 0 Å². The number of pyridine rings is 1. The molecule has 0 unspecified atom stereocenters. The van der Waals surface area contributed by atoms with E-state index in [4.69, 9.17) is 28.2 Å². The van der Waals surface area contributed by atoms with Gasteiger partial charge in [0.05, 0.1) is 21.4 Å². The summed E-state index contributed by atoms with van der Waals surface area (Å²) in [7, 11) is 0. The fourth-order valence-electron chi connectivity index (χ4n) is 4.65. The highest BCUT2D eigenvalue weighted by molar-refractivity contribution is 6.36. The Hall–Kier alpha value is -1.59. The monoisotopic (exact) mass is 428 g/mol. The minimum atomic E-state index is 0.598. The van der Waals surface area contributed by atoms with Crippen molar-refractivity contribution in [3.63, 3.8) is 0 Å². The molecule has 0 atom stereocenters. The number of halogens is 2. The highest BCUT2D eigenvalue weighted by Crippen LogP contribution is 2.33. The van der Waals surface area contributed by atoms with Crippen LogP contribution in [0.25, 0.3) is 16.9 Å². The minimum Gasteiger partial charge on any atom is -0.315 e. The molecular weight excluding hydrogens is 403 g/mol. The number of rotatable bonds is 3. The molecule has 0 radical (unpaired) electrons. The Bertz CT molecular complexity index is 1040. The van der Waals surface area contributed by atoms with Crippen LogP contribution in [0.2, 0.25) is 10.0 Å². The molecule has 2 aliphatic rings. The van der Waals surface area contributed by atoms with Crippen LogP contribution < -0.4 is 5.32 Å². The van der Waals surface area contributed by atoms with Crippen LogP contribution >= 0.6 is 23.2 Å². The van der Waals surface area contributed by atoms with E-state index in [1.54, 1.807) is 6.07 Å². The molecule has 1 saturated heterocycles. The zero-order valence-corrected chi connectivity index (χ0v) is 18.1. The lowest BCUT2D eigenvalue weighted by atomic mass is 9.90. The van der Waals surface area contributed by atoms with Crippen LogP contribution in [0.1, 0.15) is 36.1 Å². The summed E-state index contributed by atoms with van der Waals surface area (Å²) in [4.78, 5) is 7.49. The number of nitrogens with one attached hydrogen (secondary N) is 1. The third-order valence-corrected chi connectivity index (χ3v) is 6.65. The summed E-state index contributed by atoms with van der Waals surface area (Å²) < 4.78 is 2.10. The van der Waals surface area contributed by atoms with Crippen LogP contribution in [0.15, 0.2) is 30.5 Å². The Labute approximate surface area is 181 Å². The maximum atomic E-state index is 6.53. The molecule has 5 rings (SSSR count). The Morgan fingerprint density at radius 2 is 1.83 bits per heavy atom. The standard InChI is InChI=1S/C23H26Cl2N4/c24-19-13-20(25)23-27-22(18-7-6-16-4-1-2-5-17(16)12-18)21(29(23)14-19)15-28-10-3-8-26-9-11-28/h6-7,12-14,26H,1-5,8-11,15H2. The van der Waals surface area contributed by atoms with Crippen LogP contribution in [0, 0.1) is 0 Å². The van der Waals surface area contributed by atoms with Crippen molar-refractivity contribution in [3.05, 3.63) is 57.3 Å². The molecule has 152 valence electrons. The Morgan fingerprint density at radius 3 is 2.72 bits per heavy atom. The average molecular weight is 429 g/mol. The number of benzene rings is 1. The quantitative estimate of drug-likeness (QED) is 0.637. The van der Waals surface area contributed by atoms with Crippen molar-refractivity contribution in [3.8, 4) is 11.3 Å². The SMILES string of the molecule is Clc1cc(Cl)c2nc(-c3ccc4c(c3)CCCC4)c(CN3CCCNCC3)n2c1. The van der Waals surface area contributed by atoms with E-state index in [1.165, 1.54) is 41.6 Å². The van der Waals surface area contributed by atoms with Crippen molar-refractivity contribution in [2.75, 3.05) is 26.2 Å². The number of aryl methyl sites for hydroxylation is 2. The van der Waals surface area contributed by atoms with Gasteiger partial charge in [-0.25, -0.2) is 4.98 Å². The molecule has 0 bridgehead atoms. The number of imidazole rings is 1. The van der Waals surface area contributed by atoms with Crippen LogP contribution in [-0.2, 0) is 19.4 Å². The van der Waals surface area contributed by atoms with E-state index in [2.05, 4.69) is 32.8 Å². The van der Waals surface area contributed by atoms with E-state index in [-0.39, 0.29) is 0 Å². The van der Waals surface area contributed by atoms with Crippen LogP contribution in [0.4, 0.5) is 0 Å². The van der Waals surface area contributed by atoms with E-state index in [1.807, 2.05) is 6.20 Å². The lowest BCUT2D eigenvalue weighted by Gasteiger charge is -2.20. The number of aromatic nitrogens is 2. The molecule has 0 saturated carbocycles. The predicted molar refractivity (Wildman–Crippen MR) is 120 cm³/mol. The fraction of sp³-hybridized carbons (Fsp3) is 0.435. The van der Waals surface area contributed by atoms with Crippen LogP contribution in [0.5, 0.6) is 0 Å². The van der Waals surface area contributed by atoms with Gasteiger partial charge in [-0.15, -0.1) is 0 Å². The summed E-state index contributed by atoms with van der Waals surface area (Å²) in [6.45, 7) is 5.06. The van der Waals surface area contributed by atoms with E-state index in [0.29, 0.717) is 10.0 Å². The highest BCUT2D eigenvalue weighted by Gasteiger charge is 2.21. The third kappa shape index (κ3) is 3.91. The van der Waals surface area contributed by atoms with Crippen molar-refractivity contribution in [2.45, 2.75) is 38.6 Å². The van der Waals surface area contributed by atoms with Crippen molar-refractivity contribution >= 4 is 28.8 Å². The number of fused-ring (bicyclic) bond motifs is 2. The number of hydrogen-bond acceptors (Lipinski definition) is 3. The fourth-order valence-corrected chi connectivity index (χ4v) is 5.17. The Kier molecular flexibility index (Phi) is 5.53. The summed E-state index contributed by atoms with van der Waals surface area (Å²) >= 11 is 12.9. The zero-order valence-electron chi connectivity index (χ0n) is 16.6. The summed E-state index contributed by atoms with van der Waals surface area (Å²) in [5.41, 5.74) is 7.13. The van der Waals surface area contributed by atoms with Crippen molar-refractivity contribution < 1.29 is 0 Å². The van der Waals surface area contributed by atoms with Gasteiger partial charge in [0.25, 0.3) is 0 Å². The molecule has 3 heterocycles. The van der Waals surface area contributed by atoms with Gasteiger partial charge in [-0.2, -0.15) is 0 Å². The van der Waals surface area contributed by atoms with E-state index in [0.717, 1.165) is 56.9 Å². The first-order valence-electron chi connectivity index (χ1n) is 10.6. The number of hydrogen-bond donors (Lipinski definition) is 1. The summed E-state index contributed by atoms with van der Waals surface area (Å²) in [6, 6.07) is 8.65. The largest absolute Gasteiger partial charge is 0.315 e. The second-order valence-electron chi connectivity index (χ2n) is 8.18. The van der Waals surface area contributed by atoms with Gasteiger partial charge in [-0.3, -0.25) is 9.30 Å². The van der Waals surface area contributed by atoms with E-state index >= 15 is 0 Å². The summed E-state index contributed by atoms with van der Waals surface area (Å²) in [5.74, 6) is 0. The van der Waals surface area contributed by atoms with Gasteiger partial charge in [0, 0.05) is 31.4 Å². The maximum absolute atomic E-state index is 6.53. The van der Waals surface area contributed by atoms with Gasteiger partial charge in [0.15, 0.2) is 5.65 Å². The first-order chi connectivity index (χ1) is 14.2. The second-order valence-corrected chi connectivity index (χ2v) is 9.02. The number of nitrogens with zero attached hydrogens (tertiary/aromatic N) is 3. The summed E-state index contributed by atoms with van der Waals surface area (Å²) in [6.07, 6.45) is 8.03. The molecule has 2 aromatic heterocycles. The van der Waals surface area contributed by atoms with Crippen molar-refractivity contribution in [1.82, 2.24) is 19.6 Å². The molecular formula is C23H26Cl2N4. The Balaban J connectivity index is 1.62. The topological polar surface area (TPSA) is 32.6 Å². The first kappa shape index (κ1) is 19.4. The third-order valence-electron chi connectivity index (χ3n) is 6.17. The minimum absolute atomic E-state index is 0.598. The average Bonchev–Trinajstić information content (AvgIpc) is 2.89. The Morgan fingerprint density at radius 1 is 0.966 bits per heavy atom. The lowest BCUT2D eigenvalue weighted by molar-refractivity contribution is 0.281. The molecule has 1 N–H and O–H groups in total. The lowest BCUT2D eigenvalue weighted by Crippen LogP contribution is -2.28. The normalized spacial score (nSPS) is 18.0. The predicted octanol–water partition coefficient (Wildman–Crippen LogP) is 4.98. The molecule has 0 amide bonds. The molecule has 1 aromatic carbocycles. The van der Waals surface area contributed by atoms with Crippen molar-refractivity contribution in [2.24, 2.45) is 0 Å². The van der Waals surface area contributed by atoms with Crippen LogP contribution in [-0.4, -0.2) is 40.5 Å². The molecule has 1 aliphatic heterocycles. The molecule has 1 fully saturated rings. The van der Waals surface area contributed by atoms with E-state index in [9.17, 15) is 0 Å². The van der Waals surface area contributed by atoms with Crippen LogP contribution in [0.3, 0.4) is 0 Å². The first-order valence-corrected chi connectivity index (χ1v) is 11.4. The molecule has 0 spiro atoms. The van der Waals surface area contributed by atoms with E-state index < -0.39 is 0 Å². The van der Waals surface area contributed by atoms with Crippen molar-refractivity contribution in [1.29, 1.82) is 0 Å². The molecule has 29 heavy (non-hydrogen) atoms. The molecule has 3 aromatic rings. The summed E-state index contributed by atoms with van der Waals surface area (Å²) in [5, 5.41) is 4.72. The highest BCUT2D eigenvalue weighted by atomic mass is 35.5.